The first-order chi connectivity index (χ1) is 7.79. The fourth-order valence-electron chi connectivity index (χ4n) is 2.30. The van der Waals surface area contributed by atoms with Crippen molar-refractivity contribution in [1.29, 1.82) is 0 Å². The van der Waals surface area contributed by atoms with Crippen LogP contribution < -0.4 is 4.90 Å². The normalized spacial score (nSPS) is 16.4. The molecule has 0 aliphatic carbocycles. The van der Waals surface area contributed by atoms with Gasteiger partial charge in [-0.25, -0.2) is 0 Å². The van der Waals surface area contributed by atoms with Crippen molar-refractivity contribution in [3.63, 3.8) is 0 Å². The van der Waals surface area contributed by atoms with Crippen molar-refractivity contribution >= 4 is 5.69 Å². The maximum Gasteiger partial charge on any atom is 0.0366 e. The molecule has 1 heteroatoms. The van der Waals surface area contributed by atoms with Gasteiger partial charge in [-0.2, -0.15) is 0 Å². The Morgan fingerprint density at radius 2 is 1.75 bits per heavy atom. The number of hydrogen-bond acceptors (Lipinski definition) is 1. The molecular formula is C15H21N. The third kappa shape index (κ3) is 2.66. The van der Waals surface area contributed by atoms with Gasteiger partial charge in [-0.05, 0) is 38.3 Å². The van der Waals surface area contributed by atoms with Crippen LogP contribution in [0.4, 0.5) is 5.69 Å². The molecule has 86 valence electrons. The minimum Gasteiger partial charge on any atom is -0.371 e. The van der Waals surface area contributed by atoms with Crippen LogP contribution in [0.2, 0.25) is 0 Å². The third-order valence-corrected chi connectivity index (χ3v) is 3.30. The van der Waals surface area contributed by atoms with Gasteiger partial charge in [-0.15, -0.1) is 0 Å². The van der Waals surface area contributed by atoms with Crippen LogP contribution in [-0.4, -0.2) is 13.1 Å². The molecule has 1 aliphatic rings. The summed E-state index contributed by atoms with van der Waals surface area (Å²) in [6, 6.07) is 8.88. The number of aryl methyl sites for hydroxylation is 1. The highest BCUT2D eigenvalue weighted by molar-refractivity contribution is 5.48. The van der Waals surface area contributed by atoms with Gasteiger partial charge in [0.15, 0.2) is 0 Å². The van der Waals surface area contributed by atoms with E-state index in [0.717, 1.165) is 0 Å². The molecule has 0 atom stereocenters. The fourth-order valence-corrected chi connectivity index (χ4v) is 2.30. The van der Waals surface area contributed by atoms with Crippen LogP contribution in [0.3, 0.4) is 0 Å². The summed E-state index contributed by atoms with van der Waals surface area (Å²) >= 11 is 0. The summed E-state index contributed by atoms with van der Waals surface area (Å²) < 4.78 is 0. The Kier molecular flexibility index (Phi) is 3.66. The smallest absolute Gasteiger partial charge is 0.0366 e. The lowest BCUT2D eigenvalue weighted by Gasteiger charge is -2.30. The molecule has 1 heterocycles. The molecule has 0 radical (unpaired) electrons. The summed E-state index contributed by atoms with van der Waals surface area (Å²) in [7, 11) is 0. The quantitative estimate of drug-likeness (QED) is 0.676. The first-order valence-corrected chi connectivity index (χ1v) is 6.29. The minimum atomic E-state index is 1.18. The summed E-state index contributed by atoms with van der Waals surface area (Å²) in [5, 5.41) is 0. The molecule has 2 rings (SSSR count). The van der Waals surface area contributed by atoms with Gasteiger partial charge in [0.1, 0.15) is 0 Å². The van der Waals surface area contributed by atoms with E-state index in [-0.39, 0.29) is 0 Å². The molecule has 0 unspecified atom stereocenters. The monoisotopic (exact) mass is 215 g/mol. The van der Waals surface area contributed by atoms with Crippen molar-refractivity contribution in [2.75, 3.05) is 18.0 Å². The van der Waals surface area contributed by atoms with Crippen molar-refractivity contribution in [3.05, 3.63) is 41.5 Å². The van der Waals surface area contributed by atoms with E-state index in [1.54, 1.807) is 5.57 Å². The molecule has 1 aromatic carbocycles. The SMILES string of the molecule is CCC=C1CCN(c2ccc(C)cc2)CC1. The standard InChI is InChI=1S/C15H21N/c1-3-4-14-9-11-16(12-10-14)15-7-5-13(2)6-8-15/h4-8H,3,9-12H2,1-2H3. The number of rotatable bonds is 2. The van der Waals surface area contributed by atoms with Crippen molar-refractivity contribution in [2.24, 2.45) is 0 Å². The van der Waals surface area contributed by atoms with Gasteiger partial charge >= 0.3 is 0 Å². The number of anilines is 1. The molecule has 0 spiro atoms. The second-order valence-electron chi connectivity index (χ2n) is 4.59. The molecule has 0 saturated carbocycles. The van der Waals surface area contributed by atoms with E-state index in [1.165, 1.54) is 43.6 Å². The summed E-state index contributed by atoms with van der Waals surface area (Å²) in [4.78, 5) is 2.49. The largest absolute Gasteiger partial charge is 0.371 e. The zero-order valence-corrected chi connectivity index (χ0v) is 10.4. The summed E-state index contributed by atoms with van der Waals surface area (Å²) in [5.74, 6) is 0. The first kappa shape index (κ1) is 11.3. The average molecular weight is 215 g/mol. The molecule has 0 bridgehead atoms. The Morgan fingerprint density at radius 3 is 2.31 bits per heavy atom. The average Bonchev–Trinajstić information content (AvgIpc) is 2.32. The van der Waals surface area contributed by atoms with Gasteiger partial charge < -0.3 is 4.90 Å². The Balaban J connectivity index is 1.99. The molecule has 1 aliphatic heterocycles. The van der Waals surface area contributed by atoms with E-state index in [2.05, 4.69) is 49.1 Å². The van der Waals surface area contributed by atoms with Gasteiger partial charge in [0.05, 0.1) is 0 Å². The van der Waals surface area contributed by atoms with E-state index < -0.39 is 0 Å². The lowest BCUT2D eigenvalue weighted by atomic mass is 10.0. The number of benzene rings is 1. The van der Waals surface area contributed by atoms with Crippen molar-refractivity contribution in [2.45, 2.75) is 33.1 Å². The van der Waals surface area contributed by atoms with E-state index in [9.17, 15) is 0 Å². The van der Waals surface area contributed by atoms with E-state index in [4.69, 9.17) is 0 Å². The van der Waals surface area contributed by atoms with Crippen LogP contribution in [0.5, 0.6) is 0 Å². The molecule has 0 amide bonds. The molecule has 16 heavy (non-hydrogen) atoms. The van der Waals surface area contributed by atoms with Gasteiger partial charge in [-0.3, -0.25) is 0 Å². The molecular weight excluding hydrogens is 194 g/mol. The molecule has 1 saturated heterocycles. The third-order valence-electron chi connectivity index (χ3n) is 3.30. The second-order valence-corrected chi connectivity index (χ2v) is 4.59. The highest BCUT2D eigenvalue weighted by Crippen LogP contribution is 2.23. The van der Waals surface area contributed by atoms with Crippen molar-refractivity contribution in [3.8, 4) is 0 Å². The zero-order valence-electron chi connectivity index (χ0n) is 10.4. The van der Waals surface area contributed by atoms with Crippen molar-refractivity contribution in [1.82, 2.24) is 0 Å². The van der Waals surface area contributed by atoms with Gasteiger partial charge in [0.2, 0.25) is 0 Å². The molecule has 0 aromatic heterocycles. The summed E-state index contributed by atoms with van der Waals surface area (Å²) in [6.45, 7) is 6.71. The van der Waals surface area contributed by atoms with Gasteiger partial charge in [0.25, 0.3) is 0 Å². The van der Waals surface area contributed by atoms with Crippen LogP contribution in [0.15, 0.2) is 35.9 Å². The molecule has 0 N–H and O–H groups in total. The number of nitrogens with zero attached hydrogens (tertiary/aromatic N) is 1. The Labute approximate surface area is 98.8 Å². The van der Waals surface area contributed by atoms with E-state index in [1.807, 2.05) is 0 Å². The second kappa shape index (κ2) is 5.20. The van der Waals surface area contributed by atoms with E-state index >= 15 is 0 Å². The number of piperidine rings is 1. The Morgan fingerprint density at radius 1 is 1.12 bits per heavy atom. The number of hydrogen-bond donors (Lipinski definition) is 0. The number of allylic oxidation sites excluding steroid dienone is 1. The maximum absolute atomic E-state index is 2.49. The molecule has 1 fully saturated rings. The van der Waals surface area contributed by atoms with Crippen LogP contribution in [0.1, 0.15) is 31.7 Å². The topological polar surface area (TPSA) is 3.24 Å². The lowest BCUT2D eigenvalue weighted by molar-refractivity contribution is 0.681. The Bertz CT molecular complexity index is 352. The highest BCUT2D eigenvalue weighted by Gasteiger charge is 2.13. The van der Waals surface area contributed by atoms with Gasteiger partial charge in [-0.1, -0.05) is 36.3 Å². The summed E-state index contributed by atoms with van der Waals surface area (Å²) in [5.41, 5.74) is 4.36. The molecule has 1 aromatic rings. The highest BCUT2D eigenvalue weighted by atomic mass is 15.1. The molecule has 1 nitrogen and oxygen atoms in total. The lowest BCUT2D eigenvalue weighted by Crippen LogP contribution is -2.30. The van der Waals surface area contributed by atoms with Crippen LogP contribution >= 0.6 is 0 Å². The van der Waals surface area contributed by atoms with E-state index in [0.29, 0.717) is 0 Å². The van der Waals surface area contributed by atoms with Crippen molar-refractivity contribution < 1.29 is 0 Å². The zero-order chi connectivity index (χ0) is 11.4. The predicted molar refractivity (Wildman–Crippen MR) is 71.0 cm³/mol. The van der Waals surface area contributed by atoms with Gasteiger partial charge in [0, 0.05) is 18.8 Å². The predicted octanol–water partition coefficient (Wildman–Crippen LogP) is 3.93. The maximum atomic E-state index is 2.49. The fraction of sp³-hybridized carbons (Fsp3) is 0.467. The van der Waals surface area contributed by atoms with Crippen LogP contribution in [0.25, 0.3) is 0 Å². The Hall–Kier alpha value is -1.24. The summed E-state index contributed by atoms with van der Waals surface area (Å²) in [6.07, 6.45) is 6.05. The minimum absolute atomic E-state index is 1.18. The van der Waals surface area contributed by atoms with Crippen LogP contribution in [-0.2, 0) is 0 Å². The van der Waals surface area contributed by atoms with Crippen LogP contribution in [0, 0.1) is 6.92 Å². The first-order valence-electron chi connectivity index (χ1n) is 6.29.